The summed E-state index contributed by atoms with van der Waals surface area (Å²) in [6.07, 6.45) is 2.82. The molecule has 0 radical (unpaired) electrons. The summed E-state index contributed by atoms with van der Waals surface area (Å²) in [5, 5.41) is 21.1. The van der Waals surface area contributed by atoms with Gasteiger partial charge in [0.2, 0.25) is 23.6 Å². The summed E-state index contributed by atoms with van der Waals surface area (Å²) in [6.45, 7) is 0.711. The number of carboxylic acid groups (broad SMARTS) is 1. The van der Waals surface area contributed by atoms with Crippen molar-refractivity contribution in [3.05, 3.63) is 36.0 Å². The maximum atomic E-state index is 13.2. The number of hydrogen-bond acceptors (Lipinski definition) is 7. The zero-order valence-corrected chi connectivity index (χ0v) is 21.1. The minimum Gasteiger partial charge on any atom is -0.480 e. The van der Waals surface area contributed by atoms with Gasteiger partial charge in [0.25, 0.3) is 0 Å². The van der Waals surface area contributed by atoms with E-state index in [0.717, 1.165) is 22.9 Å². The van der Waals surface area contributed by atoms with Crippen LogP contribution in [0.3, 0.4) is 0 Å². The van der Waals surface area contributed by atoms with Gasteiger partial charge in [0.1, 0.15) is 18.1 Å². The molecular weight excluding hydrogens is 500 g/mol. The number of primary amides is 1. The number of carbonyl (C=O) groups is 5. The van der Waals surface area contributed by atoms with Crippen LogP contribution in [0.1, 0.15) is 31.2 Å². The second kappa shape index (κ2) is 13.1. The number of thiol groups is 1. The van der Waals surface area contributed by atoms with Crippen molar-refractivity contribution >= 4 is 53.1 Å². The third-order valence-corrected chi connectivity index (χ3v) is 6.58. The smallest absolute Gasteiger partial charge is 0.326 e. The number of amides is 4. The molecule has 2 aromatic rings. The molecule has 3 rings (SSSR count). The molecule has 1 saturated heterocycles. The van der Waals surface area contributed by atoms with E-state index in [1.165, 1.54) is 0 Å². The minimum atomic E-state index is -1.38. The number of aliphatic carboxylic acids is 1. The number of rotatable bonds is 13. The van der Waals surface area contributed by atoms with E-state index in [2.05, 4.69) is 38.9 Å². The van der Waals surface area contributed by atoms with E-state index >= 15 is 0 Å². The lowest BCUT2D eigenvalue weighted by molar-refractivity contribution is -0.142. The number of H-pyrrole nitrogens is 1. The lowest BCUT2D eigenvalue weighted by Gasteiger charge is -2.24. The van der Waals surface area contributed by atoms with E-state index in [1.54, 1.807) is 6.20 Å². The first-order valence-electron chi connectivity index (χ1n) is 12.0. The fourth-order valence-corrected chi connectivity index (χ4v) is 4.45. The molecule has 4 amide bonds. The molecule has 0 spiro atoms. The van der Waals surface area contributed by atoms with E-state index in [-0.39, 0.29) is 30.9 Å². The summed E-state index contributed by atoms with van der Waals surface area (Å²) in [6, 6.07) is 3.44. The Hall–Kier alpha value is -3.58. The Morgan fingerprint density at radius 3 is 2.41 bits per heavy atom. The molecule has 13 heteroatoms. The molecule has 2 heterocycles. The highest BCUT2D eigenvalue weighted by atomic mass is 32.1. The molecule has 4 atom stereocenters. The van der Waals surface area contributed by atoms with E-state index in [4.69, 9.17) is 5.73 Å². The van der Waals surface area contributed by atoms with Gasteiger partial charge in [-0.15, -0.1) is 0 Å². The molecule has 8 N–H and O–H groups in total. The molecule has 37 heavy (non-hydrogen) atoms. The van der Waals surface area contributed by atoms with Crippen molar-refractivity contribution in [3.8, 4) is 0 Å². The Balaban J connectivity index is 1.78. The molecule has 1 aromatic carbocycles. The predicted molar refractivity (Wildman–Crippen MR) is 139 cm³/mol. The number of benzene rings is 1. The highest BCUT2D eigenvalue weighted by Gasteiger charge is 2.31. The third-order valence-electron chi connectivity index (χ3n) is 6.22. The van der Waals surface area contributed by atoms with Crippen molar-refractivity contribution in [2.24, 2.45) is 5.73 Å². The average molecular weight is 533 g/mol. The summed E-state index contributed by atoms with van der Waals surface area (Å²) >= 11 is 4.19. The standard InChI is InChI=1S/C24H32N6O6S/c25-20(31)8-7-17(24(35)36)28-22(33)18(10-13-11-27-15-5-2-1-4-14(13)15)29-23(34)19(12-37)30-21(32)16-6-3-9-26-16/h1-2,4-5,11,16-19,26-27,37H,3,6-10,12H2,(H2,25,31)(H,28,33)(H,29,34)(H,30,32)(H,35,36). The lowest BCUT2D eigenvalue weighted by Crippen LogP contribution is -2.58. The molecule has 4 unspecified atom stereocenters. The van der Waals surface area contributed by atoms with Gasteiger partial charge >= 0.3 is 5.97 Å². The van der Waals surface area contributed by atoms with Gasteiger partial charge in [-0.1, -0.05) is 18.2 Å². The van der Waals surface area contributed by atoms with Crippen LogP contribution < -0.4 is 27.0 Å². The maximum absolute atomic E-state index is 13.2. The van der Waals surface area contributed by atoms with Crippen LogP contribution >= 0.6 is 12.6 Å². The zero-order chi connectivity index (χ0) is 26.9. The molecule has 1 aromatic heterocycles. The fourth-order valence-electron chi connectivity index (χ4n) is 4.19. The first-order valence-corrected chi connectivity index (χ1v) is 12.6. The van der Waals surface area contributed by atoms with Crippen LogP contribution in [0.25, 0.3) is 10.9 Å². The Morgan fingerprint density at radius 1 is 1.05 bits per heavy atom. The van der Waals surface area contributed by atoms with Crippen molar-refractivity contribution in [1.29, 1.82) is 0 Å². The van der Waals surface area contributed by atoms with Crippen LogP contribution in [0, 0.1) is 0 Å². The van der Waals surface area contributed by atoms with Crippen LogP contribution in [0.2, 0.25) is 0 Å². The zero-order valence-electron chi connectivity index (χ0n) is 20.2. The van der Waals surface area contributed by atoms with Gasteiger partial charge in [0, 0.05) is 35.7 Å². The quantitative estimate of drug-likeness (QED) is 0.155. The Labute approximate surface area is 218 Å². The number of carbonyl (C=O) groups excluding carboxylic acids is 4. The molecule has 0 aliphatic carbocycles. The summed E-state index contributed by atoms with van der Waals surface area (Å²) < 4.78 is 0. The second-order valence-corrected chi connectivity index (χ2v) is 9.29. The monoisotopic (exact) mass is 532 g/mol. The number of carboxylic acids is 1. The van der Waals surface area contributed by atoms with E-state index < -0.39 is 47.9 Å². The van der Waals surface area contributed by atoms with Gasteiger partial charge < -0.3 is 37.1 Å². The van der Waals surface area contributed by atoms with E-state index in [0.29, 0.717) is 13.0 Å². The number of aromatic amines is 1. The molecule has 0 saturated carbocycles. The van der Waals surface area contributed by atoms with Crippen molar-refractivity contribution < 1.29 is 29.1 Å². The van der Waals surface area contributed by atoms with Gasteiger partial charge in [-0.05, 0) is 37.4 Å². The van der Waals surface area contributed by atoms with Crippen molar-refractivity contribution in [3.63, 3.8) is 0 Å². The molecular formula is C24H32N6O6S. The van der Waals surface area contributed by atoms with Gasteiger partial charge in [0.15, 0.2) is 0 Å². The summed E-state index contributed by atoms with van der Waals surface area (Å²) in [5.41, 5.74) is 6.68. The predicted octanol–water partition coefficient (Wildman–Crippen LogP) is -0.803. The van der Waals surface area contributed by atoms with Crippen LogP contribution in [0.15, 0.2) is 30.5 Å². The SMILES string of the molecule is NC(=O)CCC(NC(=O)C(Cc1c[nH]c2ccccc12)NC(=O)C(CS)NC(=O)C1CCCN1)C(=O)O. The molecule has 1 aliphatic rings. The summed E-state index contributed by atoms with van der Waals surface area (Å²) in [4.78, 5) is 64.7. The molecule has 1 aliphatic heterocycles. The van der Waals surface area contributed by atoms with E-state index in [1.807, 2.05) is 24.3 Å². The second-order valence-electron chi connectivity index (χ2n) is 8.92. The van der Waals surface area contributed by atoms with Gasteiger partial charge in [-0.25, -0.2) is 4.79 Å². The average Bonchev–Trinajstić information content (AvgIpc) is 3.55. The Morgan fingerprint density at radius 2 is 1.76 bits per heavy atom. The third kappa shape index (κ3) is 7.70. The highest BCUT2D eigenvalue weighted by Crippen LogP contribution is 2.19. The number of nitrogens with one attached hydrogen (secondary N) is 5. The number of hydrogen-bond donors (Lipinski definition) is 8. The minimum absolute atomic E-state index is 0.0118. The number of para-hydroxylation sites is 1. The van der Waals surface area contributed by atoms with Crippen LogP contribution in [-0.4, -0.2) is 76.2 Å². The molecule has 12 nitrogen and oxygen atoms in total. The first kappa shape index (κ1) is 28.0. The van der Waals surface area contributed by atoms with Gasteiger partial charge in [-0.2, -0.15) is 12.6 Å². The molecule has 0 bridgehead atoms. The van der Waals surface area contributed by atoms with Crippen LogP contribution in [0.4, 0.5) is 0 Å². The Kier molecular flexibility index (Phi) is 9.92. The van der Waals surface area contributed by atoms with Gasteiger partial charge in [-0.3, -0.25) is 19.2 Å². The van der Waals surface area contributed by atoms with Crippen LogP contribution in [-0.2, 0) is 30.4 Å². The number of nitrogens with two attached hydrogens (primary N) is 1. The van der Waals surface area contributed by atoms with Gasteiger partial charge in [0.05, 0.1) is 6.04 Å². The van der Waals surface area contributed by atoms with Crippen molar-refractivity contribution in [2.45, 2.75) is 56.3 Å². The topological polar surface area (TPSA) is 196 Å². The molecule has 200 valence electrons. The normalized spacial score (nSPS) is 17.5. The first-order chi connectivity index (χ1) is 17.7. The van der Waals surface area contributed by atoms with Crippen molar-refractivity contribution in [1.82, 2.24) is 26.3 Å². The Bertz CT molecular complexity index is 1150. The summed E-state index contributed by atoms with van der Waals surface area (Å²) in [7, 11) is 0. The number of fused-ring (bicyclic) bond motifs is 1. The summed E-state index contributed by atoms with van der Waals surface area (Å²) in [5.74, 6) is -3.77. The molecule has 1 fully saturated rings. The maximum Gasteiger partial charge on any atom is 0.326 e. The van der Waals surface area contributed by atoms with Crippen LogP contribution in [0.5, 0.6) is 0 Å². The van der Waals surface area contributed by atoms with E-state index in [9.17, 15) is 29.1 Å². The van der Waals surface area contributed by atoms with Crippen molar-refractivity contribution in [2.75, 3.05) is 12.3 Å². The number of aromatic nitrogens is 1. The lowest BCUT2D eigenvalue weighted by atomic mass is 10.0. The highest BCUT2D eigenvalue weighted by molar-refractivity contribution is 7.80. The largest absolute Gasteiger partial charge is 0.480 e. The fraction of sp³-hybridized carbons (Fsp3) is 0.458.